The van der Waals surface area contributed by atoms with Gasteiger partial charge in [0.2, 0.25) is 0 Å². The predicted octanol–water partition coefficient (Wildman–Crippen LogP) is 2.11. The van der Waals surface area contributed by atoms with Crippen molar-refractivity contribution in [2.75, 3.05) is 33.4 Å². The van der Waals surface area contributed by atoms with Crippen molar-refractivity contribution in [1.82, 2.24) is 4.90 Å². The SMILES string of the molecule is CCCCc1ccc(C(=O)N(CCO)CCOC)cc1. The van der Waals surface area contributed by atoms with Crippen LogP contribution in [0.3, 0.4) is 0 Å². The molecular weight excluding hydrogens is 254 g/mol. The van der Waals surface area contributed by atoms with Gasteiger partial charge in [0.15, 0.2) is 0 Å². The van der Waals surface area contributed by atoms with Crippen molar-refractivity contribution in [1.29, 1.82) is 0 Å². The van der Waals surface area contributed by atoms with Crippen LogP contribution in [0.1, 0.15) is 35.7 Å². The van der Waals surface area contributed by atoms with Crippen LogP contribution in [-0.2, 0) is 11.2 Å². The zero-order valence-electron chi connectivity index (χ0n) is 12.5. The molecule has 1 rings (SSSR count). The van der Waals surface area contributed by atoms with Crippen LogP contribution in [0.4, 0.5) is 0 Å². The number of unbranched alkanes of at least 4 members (excludes halogenated alkanes) is 1. The molecule has 0 saturated heterocycles. The maximum absolute atomic E-state index is 12.3. The first-order valence-electron chi connectivity index (χ1n) is 7.21. The summed E-state index contributed by atoms with van der Waals surface area (Å²) in [6.45, 7) is 3.43. The fourth-order valence-corrected chi connectivity index (χ4v) is 2.01. The molecule has 0 fully saturated rings. The van der Waals surface area contributed by atoms with Gasteiger partial charge in [-0.2, -0.15) is 0 Å². The minimum absolute atomic E-state index is 0.0377. The number of rotatable bonds is 9. The van der Waals surface area contributed by atoms with Crippen molar-refractivity contribution < 1.29 is 14.6 Å². The van der Waals surface area contributed by atoms with E-state index in [1.54, 1.807) is 12.0 Å². The lowest BCUT2D eigenvalue weighted by Gasteiger charge is -2.21. The Hall–Kier alpha value is -1.39. The summed E-state index contributed by atoms with van der Waals surface area (Å²) in [5.41, 5.74) is 1.92. The van der Waals surface area contributed by atoms with E-state index in [0.717, 1.165) is 12.8 Å². The minimum atomic E-state index is -0.0573. The maximum atomic E-state index is 12.3. The van der Waals surface area contributed by atoms with Crippen LogP contribution in [0, 0.1) is 0 Å². The molecule has 1 aromatic carbocycles. The number of hydrogen-bond donors (Lipinski definition) is 1. The lowest BCUT2D eigenvalue weighted by molar-refractivity contribution is 0.0656. The third kappa shape index (κ3) is 5.31. The molecule has 20 heavy (non-hydrogen) atoms. The Morgan fingerprint density at radius 2 is 1.95 bits per heavy atom. The number of amides is 1. The van der Waals surface area contributed by atoms with Gasteiger partial charge in [0.1, 0.15) is 0 Å². The number of ether oxygens (including phenoxy) is 1. The molecule has 1 N–H and O–H groups in total. The Kier molecular flexibility index (Phi) is 7.92. The van der Waals surface area contributed by atoms with Crippen molar-refractivity contribution in [3.05, 3.63) is 35.4 Å². The fraction of sp³-hybridized carbons (Fsp3) is 0.562. The molecule has 0 heterocycles. The average molecular weight is 279 g/mol. The van der Waals surface area contributed by atoms with Gasteiger partial charge in [0, 0.05) is 25.8 Å². The monoisotopic (exact) mass is 279 g/mol. The largest absolute Gasteiger partial charge is 0.395 e. The molecule has 4 heteroatoms. The molecule has 0 aliphatic carbocycles. The van der Waals surface area contributed by atoms with Gasteiger partial charge in [-0.3, -0.25) is 4.79 Å². The standard InChI is InChI=1S/C16H25NO3/c1-3-4-5-14-6-8-15(9-7-14)16(19)17(10-12-18)11-13-20-2/h6-9,18H,3-5,10-13H2,1-2H3. The highest BCUT2D eigenvalue weighted by molar-refractivity contribution is 5.94. The van der Waals surface area contributed by atoms with Crippen LogP contribution in [0.25, 0.3) is 0 Å². The summed E-state index contributed by atoms with van der Waals surface area (Å²) in [5, 5.41) is 9.04. The lowest BCUT2D eigenvalue weighted by atomic mass is 10.1. The van der Waals surface area contributed by atoms with Gasteiger partial charge < -0.3 is 14.7 Å². The third-order valence-corrected chi connectivity index (χ3v) is 3.24. The Morgan fingerprint density at radius 3 is 2.50 bits per heavy atom. The number of aliphatic hydroxyl groups is 1. The quantitative estimate of drug-likeness (QED) is 0.753. The zero-order valence-corrected chi connectivity index (χ0v) is 12.5. The number of aliphatic hydroxyl groups excluding tert-OH is 1. The smallest absolute Gasteiger partial charge is 0.254 e. The van der Waals surface area contributed by atoms with Gasteiger partial charge in [0.25, 0.3) is 5.91 Å². The molecule has 4 nitrogen and oxygen atoms in total. The van der Waals surface area contributed by atoms with Crippen molar-refractivity contribution >= 4 is 5.91 Å². The van der Waals surface area contributed by atoms with Gasteiger partial charge in [-0.05, 0) is 30.5 Å². The Bertz CT molecular complexity index is 389. The molecular formula is C16H25NO3. The highest BCUT2D eigenvalue weighted by Crippen LogP contribution is 2.10. The van der Waals surface area contributed by atoms with Crippen molar-refractivity contribution in [2.45, 2.75) is 26.2 Å². The fourth-order valence-electron chi connectivity index (χ4n) is 2.01. The van der Waals surface area contributed by atoms with Crippen molar-refractivity contribution in [2.24, 2.45) is 0 Å². The summed E-state index contributed by atoms with van der Waals surface area (Å²) in [5.74, 6) is -0.0573. The summed E-state index contributed by atoms with van der Waals surface area (Å²) in [6.07, 6.45) is 3.38. The molecule has 0 aliphatic rings. The highest BCUT2D eigenvalue weighted by Gasteiger charge is 2.14. The first-order chi connectivity index (χ1) is 9.72. The normalized spacial score (nSPS) is 10.6. The molecule has 0 aliphatic heterocycles. The Labute approximate surface area is 121 Å². The first-order valence-corrected chi connectivity index (χ1v) is 7.21. The average Bonchev–Trinajstić information content (AvgIpc) is 2.49. The van der Waals surface area contributed by atoms with E-state index in [4.69, 9.17) is 9.84 Å². The molecule has 1 aromatic rings. The topological polar surface area (TPSA) is 49.8 Å². The van der Waals surface area contributed by atoms with E-state index in [1.165, 1.54) is 12.0 Å². The number of hydrogen-bond acceptors (Lipinski definition) is 3. The molecule has 0 radical (unpaired) electrons. The van der Waals surface area contributed by atoms with Crippen LogP contribution in [-0.4, -0.2) is 49.3 Å². The number of nitrogens with zero attached hydrogens (tertiary/aromatic N) is 1. The molecule has 0 atom stereocenters. The van der Waals surface area contributed by atoms with Crippen molar-refractivity contribution in [3.63, 3.8) is 0 Å². The van der Waals surface area contributed by atoms with E-state index >= 15 is 0 Å². The number of carbonyl (C=O) groups is 1. The summed E-state index contributed by atoms with van der Waals surface area (Å²) >= 11 is 0. The van der Waals surface area contributed by atoms with Crippen LogP contribution >= 0.6 is 0 Å². The molecule has 0 unspecified atom stereocenters. The van der Waals surface area contributed by atoms with E-state index in [0.29, 0.717) is 25.3 Å². The number of carbonyl (C=O) groups excluding carboxylic acids is 1. The van der Waals surface area contributed by atoms with Gasteiger partial charge in [0.05, 0.1) is 13.2 Å². The molecule has 0 spiro atoms. The number of aryl methyl sites for hydroxylation is 1. The van der Waals surface area contributed by atoms with Gasteiger partial charge in [-0.15, -0.1) is 0 Å². The minimum Gasteiger partial charge on any atom is -0.395 e. The van der Waals surface area contributed by atoms with Gasteiger partial charge in [-0.1, -0.05) is 25.5 Å². The second kappa shape index (κ2) is 9.50. The summed E-state index contributed by atoms with van der Waals surface area (Å²) in [6, 6.07) is 7.75. The van der Waals surface area contributed by atoms with E-state index < -0.39 is 0 Å². The molecule has 112 valence electrons. The summed E-state index contributed by atoms with van der Waals surface area (Å²) in [7, 11) is 1.60. The van der Waals surface area contributed by atoms with Crippen LogP contribution in [0.5, 0.6) is 0 Å². The van der Waals surface area contributed by atoms with Crippen LogP contribution in [0.2, 0.25) is 0 Å². The summed E-state index contributed by atoms with van der Waals surface area (Å²) < 4.78 is 4.99. The second-order valence-electron chi connectivity index (χ2n) is 4.81. The number of methoxy groups -OCH3 is 1. The maximum Gasteiger partial charge on any atom is 0.254 e. The van der Waals surface area contributed by atoms with Crippen LogP contribution in [0.15, 0.2) is 24.3 Å². The van der Waals surface area contributed by atoms with E-state index in [2.05, 4.69) is 6.92 Å². The number of benzene rings is 1. The predicted molar refractivity (Wildman–Crippen MR) is 79.9 cm³/mol. The Balaban J connectivity index is 2.67. The Morgan fingerprint density at radius 1 is 1.25 bits per heavy atom. The van der Waals surface area contributed by atoms with Gasteiger partial charge >= 0.3 is 0 Å². The van der Waals surface area contributed by atoms with Crippen LogP contribution < -0.4 is 0 Å². The highest BCUT2D eigenvalue weighted by atomic mass is 16.5. The third-order valence-electron chi connectivity index (χ3n) is 3.24. The first kappa shape index (κ1) is 16.7. The lowest BCUT2D eigenvalue weighted by Crippen LogP contribution is -2.36. The molecule has 1 amide bonds. The van der Waals surface area contributed by atoms with E-state index in [-0.39, 0.29) is 12.5 Å². The zero-order chi connectivity index (χ0) is 14.8. The molecule has 0 bridgehead atoms. The molecule has 0 saturated carbocycles. The molecule has 0 aromatic heterocycles. The second-order valence-corrected chi connectivity index (χ2v) is 4.81. The van der Waals surface area contributed by atoms with E-state index in [1.807, 2.05) is 24.3 Å². The van der Waals surface area contributed by atoms with Gasteiger partial charge in [-0.25, -0.2) is 0 Å². The van der Waals surface area contributed by atoms with Crippen molar-refractivity contribution in [3.8, 4) is 0 Å². The van der Waals surface area contributed by atoms with E-state index in [9.17, 15) is 4.79 Å². The summed E-state index contributed by atoms with van der Waals surface area (Å²) in [4.78, 5) is 13.9.